The second-order valence-electron chi connectivity index (χ2n) is 7.72. The zero-order valence-corrected chi connectivity index (χ0v) is 17.3. The second kappa shape index (κ2) is 10.8. The quantitative estimate of drug-likeness (QED) is 0.789. The largest absolute Gasteiger partial charge is 0.342 e. The first kappa shape index (κ1) is 21.1. The summed E-state index contributed by atoms with van der Waals surface area (Å²) < 4.78 is 0. The third-order valence-electron chi connectivity index (χ3n) is 5.55. The van der Waals surface area contributed by atoms with Crippen LogP contribution in [0.5, 0.6) is 0 Å². The van der Waals surface area contributed by atoms with Crippen molar-refractivity contribution in [3.8, 4) is 0 Å². The van der Waals surface area contributed by atoms with Crippen LogP contribution in [0.4, 0.5) is 5.69 Å². The maximum Gasteiger partial charge on any atom is 0.236 e. The van der Waals surface area contributed by atoms with E-state index < -0.39 is 0 Å². The summed E-state index contributed by atoms with van der Waals surface area (Å²) in [4.78, 5) is 31.2. The zero-order chi connectivity index (χ0) is 19.8. The summed E-state index contributed by atoms with van der Waals surface area (Å²) in [5.41, 5.74) is 0.731. The Balaban J connectivity index is 1.33. The number of piperazine rings is 1. The predicted molar refractivity (Wildman–Crippen MR) is 113 cm³/mol. The van der Waals surface area contributed by atoms with Gasteiger partial charge in [0.25, 0.3) is 0 Å². The molecule has 2 aliphatic rings. The maximum atomic E-state index is 12.5. The molecule has 0 saturated carbocycles. The number of carbonyl (C=O) groups excluding carboxylic acids is 2. The molecule has 0 unspecified atom stereocenters. The highest BCUT2D eigenvalue weighted by atomic mass is 35.5. The first-order valence-electron chi connectivity index (χ1n) is 10.4. The number of benzene rings is 1. The fourth-order valence-electron chi connectivity index (χ4n) is 3.83. The molecule has 0 aliphatic carbocycles. The van der Waals surface area contributed by atoms with Crippen molar-refractivity contribution < 1.29 is 9.59 Å². The Kier molecular flexibility index (Phi) is 8.13. The summed E-state index contributed by atoms with van der Waals surface area (Å²) in [5, 5.41) is 3.50. The molecule has 2 heterocycles. The molecule has 1 aromatic carbocycles. The minimum atomic E-state index is 0.000961. The van der Waals surface area contributed by atoms with Crippen LogP contribution in [0.15, 0.2) is 24.3 Å². The van der Waals surface area contributed by atoms with Crippen molar-refractivity contribution in [1.82, 2.24) is 14.7 Å². The van der Waals surface area contributed by atoms with E-state index in [1.165, 1.54) is 12.8 Å². The normalized spacial score (nSPS) is 19.2. The number of hydrogen-bond donors (Lipinski definition) is 1. The van der Waals surface area contributed by atoms with E-state index in [1.54, 1.807) is 12.1 Å². The first-order valence-corrected chi connectivity index (χ1v) is 10.8. The number of hydrogen-bond acceptors (Lipinski definition) is 4. The van der Waals surface area contributed by atoms with E-state index in [-0.39, 0.29) is 11.8 Å². The van der Waals surface area contributed by atoms with Crippen LogP contribution >= 0.6 is 11.6 Å². The number of carbonyl (C=O) groups is 2. The van der Waals surface area contributed by atoms with Gasteiger partial charge in [0.15, 0.2) is 0 Å². The van der Waals surface area contributed by atoms with Crippen molar-refractivity contribution in [3.63, 3.8) is 0 Å². The molecule has 2 aliphatic heterocycles. The van der Waals surface area contributed by atoms with E-state index in [0.717, 1.165) is 64.3 Å². The number of likely N-dealkylation sites (tertiary alicyclic amines) is 1. The Morgan fingerprint density at radius 2 is 1.61 bits per heavy atom. The van der Waals surface area contributed by atoms with Gasteiger partial charge in [-0.3, -0.25) is 14.5 Å². The van der Waals surface area contributed by atoms with E-state index in [1.807, 2.05) is 17.0 Å². The molecule has 2 amide bonds. The van der Waals surface area contributed by atoms with Crippen molar-refractivity contribution in [3.05, 3.63) is 29.3 Å². The predicted octanol–water partition coefficient (Wildman–Crippen LogP) is 2.69. The Hall–Kier alpha value is -1.63. The molecule has 28 heavy (non-hydrogen) atoms. The molecule has 7 heteroatoms. The third kappa shape index (κ3) is 6.76. The number of anilines is 1. The lowest BCUT2D eigenvalue weighted by Crippen LogP contribution is -2.50. The molecule has 154 valence electrons. The molecule has 2 saturated heterocycles. The molecule has 3 rings (SSSR count). The van der Waals surface area contributed by atoms with E-state index in [2.05, 4.69) is 15.1 Å². The van der Waals surface area contributed by atoms with E-state index in [0.29, 0.717) is 18.0 Å². The molecular formula is C21H31ClN4O2. The number of rotatable bonds is 6. The Morgan fingerprint density at radius 1 is 0.929 bits per heavy atom. The van der Waals surface area contributed by atoms with Crippen LogP contribution in [0, 0.1) is 0 Å². The van der Waals surface area contributed by atoms with Gasteiger partial charge in [-0.15, -0.1) is 0 Å². The van der Waals surface area contributed by atoms with Gasteiger partial charge in [0.05, 0.1) is 6.54 Å². The number of nitrogens with one attached hydrogen (secondary N) is 1. The van der Waals surface area contributed by atoms with Crippen LogP contribution in [-0.2, 0) is 9.59 Å². The first-order chi connectivity index (χ1) is 13.6. The van der Waals surface area contributed by atoms with Gasteiger partial charge in [0.1, 0.15) is 0 Å². The molecule has 6 nitrogen and oxygen atoms in total. The van der Waals surface area contributed by atoms with Crippen molar-refractivity contribution in [1.29, 1.82) is 0 Å². The standard InChI is InChI=1S/C21H31ClN4O2/c22-18-6-5-7-19(16-18)23-20(27)8-11-24-12-14-25(15-13-24)17-21(28)26-9-3-1-2-4-10-26/h5-7,16H,1-4,8-15,17H2,(H,23,27). The lowest BCUT2D eigenvalue weighted by molar-refractivity contribution is -0.132. The fraction of sp³-hybridized carbons (Fsp3) is 0.619. The van der Waals surface area contributed by atoms with Crippen LogP contribution in [-0.4, -0.2) is 78.9 Å². The van der Waals surface area contributed by atoms with Gasteiger partial charge in [-0.1, -0.05) is 30.5 Å². The zero-order valence-electron chi connectivity index (χ0n) is 16.5. The average Bonchev–Trinajstić information content (AvgIpc) is 2.97. The van der Waals surface area contributed by atoms with Crippen molar-refractivity contribution >= 4 is 29.1 Å². The smallest absolute Gasteiger partial charge is 0.236 e. The Morgan fingerprint density at radius 3 is 2.29 bits per heavy atom. The molecule has 1 N–H and O–H groups in total. The minimum absolute atomic E-state index is 0.000961. The van der Waals surface area contributed by atoms with Crippen LogP contribution in [0.1, 0.15) is 32.1 Å². The number of nitrogens with zero attached hydrogens (tertiary/aromatic N) is 3. The topological polar surface area (TPSA) is 55.9 Å². The lowest BCUT2D eigenvalue weighted by Gasteiger charge is -2.35. The highest BCUT2D eigenvalue weighted by molar-refractivity contribution is 6.30. The summed E-state index contributed by atoms with van der Waals surface area (Å²) in [6.45, 7) is 6.67. The molecule has 1 aromatic rings. The van der Waals surface area contributed by atoms with Gasteiger partial charge >= 0.3 is 0 Å². The van der Waals surface area contributed by atoms with Crippen LogP contribution in [0.2, 0.25) is 5.02 Å². The van der Waals surface area contributed by atoms with Crippen molar-refractivity contribution in [2.45, 2.75) is 32.1 Å². The highest BCUT2D eigenvalue weighted by Crippen LogP contribution is 2.15. The van der Waals surface area contributed by atoms with Crippen LogP contribution < -0.4 is 5.32 Å². The summed E-state index contributed by atoms with van der Waals surface area (Å²) in [7, 11) is 0. The van der Waals surface area contributed by atoms with Gasteiger partial charge in [0.2, 0.25) is 11.8 Å². The molecule has 0 spiro atoms. The SMILES string of the molecule is O=C(CCN1CCN(CC(=O)N2CCCCCC2)CC1)Nc1cccc(Cl)c1. The van der Waals surface area contributed by atoms with Crippen molar-refractivity contribution in [2.75, 3.05) is 57.7 Å². The molecule has 0 bridgehead atoms. The lowest BCUT2D eigenvalue weighted by atomic mass is 10.2. The second-order valence-corrected chi connectivity index (χ2v) is 8.16. The van der Waals surface area contributed by atoms with E-state index >= 15 is 0 Å². The summed E-state index contributed by atoms with van der Waals surface area (Å²) in [6.07, 6.45) is 5.22. The Bertz CT molecular complexity index is 654. The van der Waals surface area contributed by atoms with Crippen LogP contribution in [0.25, 0.3) is 0 Å². The number of amides is 2. The van der Waals surface area contributed by atoms with Gasteiger partial charge in [0, 0.05) is 62.9 Å². The third-order valence-corrected chi connectivity index (χ3v) is 5.78. The Labute approximate surface area is 172 Å². The van der Waals surface area contributed by atoms with E-state index in [9.17, 15) is 9.59 Å². The molecule has 0 atom stereocenters. The maximum absolute atomic E-state index is 12.5. The minimum Gasteiger partial charge on any atom is -0.342 e. The van der Waals surface area contributed by atoms with Gasteiger partial charge < -0.3 is 15.1 Å². The molecule has 2 fully saturated rings. The van der Waals surface area contributed by atoms with Crippen LogP contribution in [0.3, 0.4) is 0 Å². The van der Waals surface area contributed by atoms with E-state index in [4.69, 9.17) is 11.6 Å². The summed E-state index contributed by atoms with van der Waals surface area (Å²) >= 11 is 5.94. The number of halogens is 1. The molecule has 0 aromatic heterocycles. The van der Waals surface area contributed by atoms with Gasteiger partial charge in [-0.2, -0.15) is 0 Å². The fourth-order valence-corrected chi connectivity index (χ4v) is 4.02. The molecule has 0 radical (unpaired) electrons. The monoisotopic (exact) mass is 406 g/mol. The summed E-state index contributed by atoms with van der Waals surface area (Å²) in [5.74, 6) is 0.275. The molecular weight excluding hydrogens is 376 g/mol. The van der Waals surface area contributed by atoms with Gasteiger partial charge in [-0.25, -0.2) is 0 Å². The summed E-state index contributed by atoms with van der Waals surface area (Å²) in [6, 6.07) is 7.20. The average molecular weight is 407 g/mol. The van der Waals surface area contributed by atoms with Crippen molar-refractivity contribution in [2.24, 2.45) is 0 Å². The van der Waals surface area contributed by atoms with Gasteiger partial charge in [-0.05, 0) is 31.0 Å². The highest BCUT2D eigenvalue weighted by Gasteiger charge is 2.22.